The summed E-state index contributed by atoms with van der Waals surface area (Å²) in [5, 5.41) is 19.7. The standard InChI is InChI=1S/C14H21NO4/c1-14(9-10-16,11-15(17)18)8-7-12-3-5-13(19-2)6-4-12/h3-6,16H,7-11H2,1-2H3/t14-/m1/s1. The number of rotatable bonds is 8. The maximum Gasteiger partial charge on any atom is 0.209 e. The molecule has 19 heavy (non-hydrogen) atoms. The van der Waals surface area contributed by atoms with Gasteiger partial charge in [0.2, 0.25) is 6.54 Å². The highest BCUT2D eigenvalue weighted by Gasteiger charge is 2.29. The molecule has 5 nitrogen and oxygen atoms in total. The fourth-order valence-corrected chi connectivity index (χ4v) is 2.10. The van der Waals surface area contributed by atoms with Crippen LogP contribution in [0.5, 0.6) is 5.75 Å². The molecule has 0 saturated carbocycles. The van der Waals surface area contributed by atoms with Gasteiger partial charge in [0.25, 0.3) is 0 Å². The number of nitrogens with zero attached hydrogens (tertiary/aromatic N) is 1. The number of hydrogen-bond donors (Lipinski definition) is 1. The SMILES string of the molecule is COc1ccc(CC[C@](C)(CCO)C[N+](=O)[O-])cc1. The zero-order chi connectivity index (χ0) is 14.3. The molecule has 0 aliphatic carbocycles. The van der Waals surface area contributed by atoms with Crippen molar-refractivity contribution in [3.63, 3.8) is 0 Å². The first-order valence-electron chi connectivity index (χ1n) is 6.35. The van der Waals surface area contributed by atoms with Crippen LogP contribution in [0.25, 0.3) is 0 Å². The van der Waals surface area contributed by atoms with Gasteiger partial charge in [-0.2, -0.15) is 0 Å². The molecule has 0 aliphatic rings. The Labute approximate surface area is 113 Å². The van der Waals surface area contributed by atoms with E-state index in [-0.39, 0.29) is 18.1 Å². The van der Waals surface area contributed by atoms with Gasteiger partial charge in [0, 0.05) is 16.9 Å². The van der Waals surface area contributed by atoms with Crippen LogP contribution in [0, 0.1) is 15.5 Å². The molecule has 0 aromatic heterocycles. The molecule has 0 heterocycles. The molecule has 106 valence electrons. The monoisotopic (exact) mass is 267 g/mol. The molecule has 1 aromatic carbocycles. The molecule has 0 aliphatic heterocycles. The van der Waals surface area contributed by atoms with Gasteiger partial charge in [0.15, 0.2) is 0 Å². The van der Waals surface area contributed by atoms with Crippen molar-refractivity contribution in [2.24, 2.45) is 5.41 Å². The molecule has 1 N–H and O–H groups in total. The summed E-state index contributed by atoms with van der Waals surface area (Å²) in [6.07, 6.45) is 1.89. The number of methoxy groups -OCH3 is 1. The van der Waals surface area contributed by atoms with Crippen LogP contribution in [0.1, 0.15) is 25.3 Å². The van der Waals surface area contributed by atoms with E-state index in [2.05, 4.69) is 0 Å². The molecule has 1 aromatic rings. The van der Waals surface area contributed by atoms with Gasteiger partial charge in [-0.1, -0.05) is 19.1 Å². The van der Waals surface area contributed by atoms with E-state index in [4.69, 9.17) is 9.84 Å². The van der Waals surface area contributed by atoms with E-state index in [9.17, 15) is 10.1 Å². The van der Waals surface area contributed by atoms with Crippen molar-refractivity contribution in [2.45, 2.75) is 26.2 Å². The largest absolute Gasteiger partial charge is 0.497 e. The van der Waals surface area contributed by atoms with Crippen LogP contribution in [-0.2, 0) is 6.42 Å². The molecule has 0 saturated heterocycles. The third-order valence-electron chi connectivity index (χ3n) is 3.40. The van der Waals surface area contributed by atoms with Gasteiger partial charge in [-0.15, -0.1) is 0 Å². The molecule has 5 heteroatoms. The molecule has 1 rings (SSSR count). The van der Waals surface area contributed by atoms with E-state index in [0.717, 1.165) is 17.7 Å². The highest BCUT2D eigenvalue weighted by atomic mass is 16.6. The van der Waals surface area contributed by atoms with Crippen molar-refractivity contribution >= 4 is 0 Å². The number of aryl methyl sites for hydroxylation is 1. The van der Waals surface area contributed by atoms with Crippen LogP contribution in [0.2, 0.25) is 0 Å². The highest BCUT2D eigenvalue weighted by Crippen LogP contribution is 2.28. The Hall–Kier alpha value is -1.62. The van der Waals surface area contributed by atoms with Crippen LogP contribution in [0.15, 0.2) is 24.3 Å². The summed E-state index contributed by atoms with van der Waals surface area (Å²) in [6, 6.07) is 7.69. The van der Waals surface area contributed by atoms with Gasteiger partial charge in [0.1, 0.15) is 5.75 Å². The lowest BCUT2D eigenvalue weighted by Crippen LogP contribution is -2.28. The average Bonchev–Trinajstić information content (AvgIpc) is 2.36. The van der Waals surface area contributed by atoms with E-state index in [0.29, 0.717) is 12.8 Å². The number of aliphatic hydroxyl groups excluding tert-OH is 1. The Balaban J connectivity index is 2.61. The summed E-state index contributed by atoms with van der Waals surface area (Å²) in [6.45, 7) is 1.73. The van der Waals surface area contributed by atoms with Crippen molar-refractivity contribution in [1.29, 1.82) is 0 Å². The average molecular weight is 267 g/mol. The number of hydrogen-bond acceptors (Lipinski definition) is 4. The molecular formula is C14H21NO4. The van der Waals surface area contributed by atoms with E-state index < -0.39 is 5.41 Å². The Bertz CT molecular complexity index is 404. The van der Waals surface area contributed by atoms with E-state index >= 15 is 0 Å². The minimum Gasteiger partial charge on any atom is -0.497 e. The topological polar surface area (TPSA) is 72.6 Å². The van der Waals surface area contributed by atoms with E-state index in [1.165, 1.54) is 0 Å². The Morgan fingerprint density at radius 3 is 2.42 bits per heavy atom. The first-order chi connectivity index (χ1) is 8.99. The number of nitro groups is 1. The summed E-state index contributed by atoms with van der Waals surface area (Å²) < 4.78 is 5.08. The van der Waals surface area contributed by atoms with Gasteiger partial charge >= 0.3 is 0 Å². The number of ether oxygens (including phenoxy) is 1. The van der Waals surface area contributed by atoms with Crippen LogP contribution in [-0.4, -0.2) is 30.3 Å². The normalized spacial score (nSPS) is 13.8. The van der Waals surface area contributed by atoms with Gasteiger partial charge < -0.3 is 9.84 Å². The second kappa shape index (κ2) is 7.09. The summed E-state index contributed by atoms with van der Waals surface area (Å²) in [5.74, 6) is 0.798. The van der Waals surface area contributed by atoms with Crippen LogP contribution in [0.3, 0.4) is 0 Å². The molecule has 0 amide bonds. The molecular weight excluding hydrogens is 246 g/mol. The maximum atomic E-state index is 10.7. The molecule has 0 fully saturated rings. The minimum atomic E-state index is -0.460. The zero-order valence-corrected chi connectivity index (χ0v) is 11.5. The Morgan fingerprint density at radius 2 is 1.95 bits per heavy atom. The second-order valence-corrected chi connectivity index (χ2v) is 5.12. The summed E-state index contributed by atoms with van der Waals surface area (Å²) in [7, 11) is 1.62. The predicted octanol–water partition coefficient (Wildman–Crippen LogP) is 2.29. The van der Waals surface area contributed by atoms with Crippen LogP contribution < -0.4 is 4.74 Å². The van der Waals surface area contributed by atoms with E-state index in [1.807, 2.05) is 31.2 Å². The van der Waals surface area contributed by atoms with Crippen molar-refractivity contribution in [2.75, 3.05) is 20.3 Å². The predicted molar refractivity (Wildman–Crippen MR) is 73.0 cm³/mol. The molecule has 1 atom stereocenters. The Morgan fingerprint density at radius 1 is 1.32 bits per heavy atom. The lowest BCUT2D eigenvalue weighted by atomic mass is 9.81. The molecule has 0 unspecified atom stereocenters. The maximum absolute atomic E-state index is 10.7. The van der Waals surface area contributed by atoms with Gasteiger partial charge in [-0.25, -0.2) is 0 Å². The van der Waals surface area contributed by atoms with Gasteiger partial charge in [-0.3, -0.25) is 10.1 Å². The first kappa shape index (κ1) is 15.4. The fraction of sp³-hybridized carbons (Fsp3) is 0.571. The third-order valence-corrected chi connectivity index (χ3v) is 3.40. The summed E-state index contributed by atoms with van der Waals surface area (Å²) in [4.78, 5) is 10.4. The molecule has 0 bridgehead atoms. The van der Waals surface area contributed by atoms with Crippen molar-refractivity contribution in [1.82, 2.24) is 0 Å². The molecule has 0 spiro atoms. The lowest BCUT2D eigenvalue weighted by molar-refractivity contribution is -0.497. The van der Waals surface area contributed by atoms with Gasteiger partial charge in [-0.05, 0) is 37.0 Å². The van der Waals surface area contributed by atoms with Crippen LogP contribution in [0.4, 0.5) is 0 Å². The van der Waals surface area contributed by atoms with Gasteiger partial charge in [0.05, 0.1) is 7.11 Å². The van der Waals surface area contributed by atoms with E-state index in [1.54, 1.807) is 7.11 Å². The number of aliphatic hydroxyl groups is 1. The van der Waals surface area contributed by atoms with Crippen molar-refractivity contribution in [3.05, 3.63) is 39.9 Å². The Kier molecular flexibility index (Phi) is 5.76. The van der Waals surface area contributed by atoms with Crippen molar-refractivity contribution in [3.8, 4) is 5.75 Å². The fourth-order valence-electron chi connectivity index (χ4n) is 2.10. The third kappa shape index (κ3) is 5.26. The van der Waals surface area contributed by atoms with Crippen molar-refractivity contribution < 1.29 is 14.8 Å². The first-order valence-corrected chi connectivity index (χ1v) is 6.35. The zero-order valence-electron chi connectivity index (χ0n) is 11.5. The summed E-state index contributed by atoms with van der Waals surface area (Å²) >= 11 is 0. The minimum absolute atomic E-state index is 0.0209. The summed E-state index contributed by atoms with van der Waals surface area (Å²) in [5.41, 5.74) is 0.659. The molecule has 0 radical (unpaired) electrons. The second-order valence-electron chi connectivity index (χ2n) is 5.12. The number of benzene rings is 1. The van der Waals surface area contributed by atoms with Crippen LogP contribution >= 0.6 is 0 Å². The highest BCUT2D eigenvalue weighted by molar-refractivity contribution is 5.27. The lowest BCUT2D eigenvalue weighted by Gasteiger charge is -2.24. The quantitative estimate of drug-likeness (QED) is 0.579. The smallest absolute Gasteiger partial charge is 0.209 e.